The number of aromatic nitrogens is 5. The van der Waals surface area contributed by atoms with Crippen molar-refractivity contribution in [2.24, 2.45) is 0 Å². The number of carboxylic acid groups (broad SMARTS) is 1. The molecule has 11 nitrogen and oxygen atoms in total. The molecule has 11 heteroatoms. The Morgan fingerprint density at radius 1 is 1.16 bits per heavy atom. The van der Waals surface area contributed by atoms with E-state index in [9.17, 15) is 14.7 Å². The first-order valence-electron chi connectivity index (χ1n) is 12.6. The zero-order valence-electron chi connectivity index (χ0n) is 21.5. The van der Waals surface area contributed by atoms with E-state index in [2.05, 4.69) is 14.8 Å². The van der Waals surface area contributed by atoms with Crippen LogP contribution in [-0.4, -0.2) is 66.9 Å². The molecule has 192 valence electrons. The van der Waals surface area contributed by atoms with Gasteiger partial charge in [-0.1, -0.05) is 6.07 Å². The van der Waals surface area contributed by atoms with E-state index in [1.54, 1.807) is 11.0 Å². The Balaban J connectivity index is 1.37. The molecule has 1 fully saturated rings. The summed E-state index contributed by atoms with van der Waals surface area (Å²) in [4.78, 5) is 39.6. The van der Waals surface area contributed by atoms with E-state index in [1.807, 2.05) is 44.0 Å². The summed E-state index contributed by atoms with van der Waals surface area (Å²) in [7, 11) is 3.41. The van der Waals surface area contributed by atoms with Gasteiger partial charge in [-0.2, -0.15) is 0 Å². The molecule has 3 aliphatic rings. The number of aryl methyl sites for hydroxylation is 1. The van der Waals surface area contributed by atoms with Crippen molar-refractivity contribution < 1.29 is 14.7 Å². The third-order valence-electron chi connectivity index (χ3n) is 7.92. The third kappa shape index (κ3) is 3.71. The van der Waals surface area contributed by atoms with Crippen molar-refractivity contribution in [1.29, 1.82) is 0 Å². The van der Waals surface area contributed by atoms with Crippen LogP contribution in [0.15, 0.2) is 24.3 Å². The second kappa shape index (κ2) is 8.25. The van der Waals surface area contributed by atoms with Gasteiger partial charge in [0.05, 0.1) is 24.3 Å². The first-order chi connectivity index (χ1) is 17.7. The molecule has 2 amide bonds. The van der Waals surface area contributed by atoms with Gasteiger partial charge in [0.15, 0.2) is 5.82 Å². The predicted molar refractivity (Wildman–Crippen MR) is 137 cm³/mol. The number of carbonyl (C=O) groups is 2. The smallest absolute Gasteiger partial charge is 0.407 e. The van der Waals surface area contributed by atoms with Gasteiger partial charge in [-0.25, -0.2) is 14.8 Å². The van der Waals surface area contributed by atoms with Crippen molar-refractivity contribution in [1.82, 2.24) is 29.6 Å². The van der Waals surface area contributed by atoms with E-state index < -0.39 is 6.09 Å². The summed E-state index contributed by atoms with van der Waals surface area (Å²) in [6.07, 6.45) is 3.25. The number of nitrogens with zero attached hydrogens (tertiary/aromatic N) is 8. The van der Waals surface area contributed by atoms with E-state index in [0.717, 1.165) is 42.9 Å². The number of hydrogen-bond acceptors (Lipinski definition) is 7. The highest BCUT2D eigenvalue weighted by Gasteiger charge is 2.51. The van der Waals surface area contributed by atoms with E-state index in [1.165, 1.54) is 11.9 Å². The molecule has 0 bridgehead atoms. The molecule has 0 saturated heterocycles. The number of amides is 2. The molecular weight excluding hydrogens is 472 g/mol. The van der Waals surface area contributed by atoms with Gasteiger partial charge in [0.25, 0.3) is 5.91 Å². The first kappa shape index (κ1) is 23.4. The fourth-order valence-corrected chi connectivity index (χ4v) is 5.32. The van der Waals surface area contributed by atoms with E-state index >= 15 is 0 Å². The second-order valence-corrected chi connectivity index (χ2v) is 10.6. The molecule has 1 saturated carbocycles. The molecule has 3 aromatic heterocycles. The lowest BCUT2D eigenvalue weighted by molar-refractivity contribution is 0.0996. The first-order valence-corrected chi connectivity index (χ1v) is 12.6. The lowest BCUT2D eigenvalue weighted by Gasteiger charge is -2.24. The minimum absolute atomic E-state index is 0.0833. The van der Waals surface area contributed by atoms with Crippen molar-refractivity contribution in [3.8, 4) is 11.5 Å². The molecule has 1 spiro atoms. The van der Waals surface area contributed by atoms with Crippen LogP contribution < -0.4 is 9.80 Å². The topological polar surface area (TPSA) is 121 Å². The molecule has 0 atom stereocenters. The zero-order valence-corrected chi connectivity index (χ0v) is 21.5. The molecule has 5 heterocycles. The molecule has 0 unspecified atom stereocenters. The van der Waals surface area contributed by atoms with Crippen LogP contribution in [0.2, 0.25) is 0 Å². The molecule has 6 rings (SSSR count). The van der Waals surface area contributed by atoms with Crippen molar-refractivity contribution in [2.75, 3.05) is 23.9 Å². The largest absolute Gasteiger partial charge is 0.465 e. The van der Waals surface area contributed by atoms with Crippen LogP contribution in [0.1, 0.15) is 60.5 Å². The molecular formula is C26H30N8O3. The maximum atomic E-state index is 13.7. The van der Waals surface area contributed by atoms with Gasteiger partial charge < -0.3 is 19.5 Å². The minimum atomic E-state index is -1.05. The number of anilines is 2. The maximum Gasteiger partial charge on any atom is 0.407 e. The summed E-state index contributed by atoms with van der Waals surface area (Å²) in [5.41, 5.74) is 2.66. The summed E-state index contributed by atoms with van der Waals surface area (Å²) in [5, 5.41) is 18.3. The summed E-state index contributed by atoms with van der Waals surface area (Å²) in [6.45, 7) is 4.43. The van der Waals surface area contributed by atoms with Crippen molar-refractivity contribution in [3.63, 3.8) is 0 Å². The number of hydrogen-bond donors (Lipinski definition) is 1. The summed E-state index contributed by atoms with van der Waals surface area (Å²) in [6, 6.07) is 7.57. The average Bonchev–Trinajstić information content (AvgIpc) is 3.22. The van der Waals surface area contributed by atoms with Gasteiger partial charge in [0.1, 0.15) is 23.2 Å². The lowest BCUT2D eigenvalue weighted by Crippen LogP contribution is -2.29. The monoisotopic (exact) mass is 502 g/mol. The highest BCUT2D eigenvalue weighted by molar-refractivity contribution is 6.10. The second-order valence-electron chi connectivity index (χ2n) is 10.6. The number of pyridine rings is 2. The summed E-state index contributed by atoms with van der Waals surface area (Å²) >= 11 is 0. The third-order valence-corrected chi connectivity index (χ3v) is 7.92. The molecule has 0 radical (unpaired) electrons. The SMILES string of the molecule is CC(C)N(C)c1cc2c(c(CN(C)C(=O)O)n1)CN(c1cccc(-c3nnc4n3C3(CC4)CC3)n1)C2=O. The van der Waals surface area contributed by atoms with Crippen molar-refractivity contribution in [3.05, 3.63) is 46.9 Å². The molecule has 1 aliphatic carbocycles. The highest BCUT2D eigenvalue weighted by Crippen LogP contribution is 2.53. The molecule has 0 aromatic carbocycles. The summed E-state index contributed by atoms with van der Waals surface area (Å²) in [5.74, 6) is 2.74. The van der Waals surface area contributed by atoms with Crippen LogP contribution in [0.25, 0.3) is 11.5 Å². The van der Waals surface area contributed by atoms with Gasteiger partial charge >= 0.3 is 6.09 Å². The quantitative estimate of drug-likeness (QED) is 0.545. The maximum absolute atomic E-state index is 13.7. The molecule has 3 aromatic rings. The van der Waals surface area contributed by atoms with Crippen LogP contribution in [0.5, 0.6) is 0 Å². The van der Waals surface area contributed by atoms with E-state index in [4.69, 9.17) is 9.97 Å². The van der Waals surface area contributed by atoms with Gasteiger partial charge in [-0.05, 0) is 51.3 Å². The molecule has 2 aliphatic heterocycles. The summed E-state index contributed by atoms with van der Waals surface area (Å²) < 4.78 is 2.25. The molecule has 1 N–H and O–H groups in total. The van der Waals surface area contributed by atoms with Crippen LogP contribution in [0.3, 0.4) is 0 Å². The van der Waals surface area contributed by atoms with Crippen molar-refractivity contribution >= 4 is 23.6 Å². The van der Waals surface area contributed by atoms with Gasteiger partial charge in [-0.15, -0.1) is 10.2 Å². The van der Waals surface area contributed by atoms with Crippen LogP contribution >= 0.6 is 0 Å². The van der Waals surface area contributed by atoms with Crippen LogP contribution in [0, 0.1) is 0 Å². The zero-order chi connectivity index (χ0) is 26.1. The molecule has 37 heavy (non-hydrogen) atoms. The fourth-order valence-electron chi connectivity index (χ4n) is 5.32. The van der Waals surface area contributed by atoms with Crippen LogP contribution in [-0.2, 0) is 25.0 Å². The standard InChI is InChI=1S/C26H30N8O3/c1-15(2)32(4)22-12-16-17(19(28-22)14-31(3)25(36)37)13-33(24(16)35)20-7-5-6-18(27-20)23-30-29-21-8-9-26(10-11-26)34(21)23/h5-7,12,15H,8-11,13-14H2,1-4H3,(H,36,37). The Bertz CT molecular complexity index is 1430. The highest BCUT2D eigenvalue weighted by atomic mass is 16.4. The Morgan fingerprint density at radius 3 is 2.65 bits per heavy atom. The Kier molecular flexibility index (Phi) is 5.22. The Labute approximate surface area is 214 Å². The Morgan fingerprint density at radius 2 is 1.95 bits per heavy atom. The van der Waals surface area contributed by atoms with Gasteiger partial charge in [0, 0.05) is 37.7 Å². The Hall–Kier alpha value is -4.02. The number of fused-ring (bicyclic) bond motifs is 3. The van der Waals surface area contributed by atoms with E-state index in [0.29, 0.717) is 28.6 Å². The van der Waals surface area contributed by atoms with Gasteiger partial charge in [-0.3, -0.25) is 9.69 Å². The minimum Gasteiger partial charge on any atom is -0.465 e. The van der Waals surface area contributed by atoms with Crippen molar-refractivity contribution in [2.45, 2.75) is 64.2 Å². The van der Waals surface area contributed by atoms with E-state index in [-0.39, 0.29) is 30.6 Å². The normalized spacial score (nSPS) is 16.9. The number of carbonyl (C=O) groups excluding carboxylic acids is 1. The van der Waals surface area contributed by atoms with Crippen LogP contribution in [0.4, 0.5) is 16.4 Å². The predicted octanol–water partition coefficient (Wildman–Crippen LogP) is 3.29. The lowest BCUT2D eigenvalue weighted by atomic mass is 10.1. The fraction of sp³-hybridized carbons (Fsp3) is 0.462. The number of rotatable bonds is 6. The van der Waals surface area contributed by atoms with Gasteiger partial charge in [0.2, 0.25) is 0 Å². The average molecular weight is 503 g/mol.